The minimum Gasteiger partial charge on any atom is -0.423 e. The molecule has 2 N–H and O–H groups in total. The van der Waals surface area contributed by atoms with Gasteiger partial charge in [-0.05, 0) is 49.1 Å². The molecule has 0 radical (unpaired) electrons. The van der Waals surface area contributed by atoms with Gasteiger partial charge in [0, 0.05) is 38.9 Å². The molecule has 0 saturated carbocycles. The third kappa shape index (κ3) is 9.46. The fourth-order valence-electron chi connectivity index (χ4n) is 3.38. The summed E-state index contributed by atoms with van der Waals surface area (Å²) in [6.07, 6.45) is 4.46. The lowest BCUT2D eigenvalue weighted by molar-refractivity contribution is -0.134. The smallest absolute Gasteiger partial charge is 0.308 e. The zero-order valence-corrected chi connectivity index (χ0v) is 21.2. The maximum Gasteiger partial charge on any atom is 0.308 e. The molecule has 0 aliphatic rings. The van der Waals surface area contributed by atoms with E-state index >= 15 is 0 Å². The molecule has 1 heterocycles. The van der Waals surface area contributed by atoms with Crippen molar-refractivity contribution in [1.82, 2.24) is 15.5 Å². The SMILES string of the molecule is CC(=O)Oc1ccc(CCC(=O)NCCCCCc2nnc(Nc3ccccc3)s2)cc1OC(C)=O. The van der Waals surface area contributed by atoms with E-state index in [1.54, 1.807) is 29.5 Å². The molecule has 36 heavy (non-hydrogen) atoms. The third-order valence-corrected chi connectivity index (χ3v) is 5.94. The van der Waals surface area contributed by atoms with Crippen LogP contribution in [0.25, 0.3) is 0 Å². The van der Waals surface area contributed by atoms with Crippen molar-refractivity contribution in [1.29, 1.82) is 0 Å². The lowest BCUT2D eigenvalue weighted by atomic mass is 10.1. The topological polar surface area (TPSA) is 120 Å². The number of nitrogens with zero attached hydrogens (tertiary/aromatic N) is 2. The van der Waals surface area contributed by atoms with Crippen molar-refractivity contribution < 1.29 is 23.9 Å². The van der Waals surface area contributed by atoms with Crippen molar-refractivity contribution in [3.8, 4) is 11.5 Å². The maximum absolute atomic E-state index is 12.2. The standard InChI is InChI=1S/C26H30N4O5S/c1-18(31)34-22-14-12-20(17-23(22)35-19(2)32)13-15-24(33)27-16-8-4-7-11-25-29-30-26(36-25)28-21-9-5-3-6-10-21/h3,5-6,9-10,12,14,17H,4,7-8,11,13,15-16H2,1-2H3,(H,27,33)(H,28,30). The molecule has 1 aromatic heterocycles. The van der Waals surface area contributed by atoms with Crippen molar-refractivity contribution >= 4 is 40.0 Å². The van der Waals surface area contributed by atoms with Gasteiger partial charge in [0.05, 0.1) is 0 Å². The number of rotatable bonds is 13. The van der Waals surface area contributed by atoms with E-state index in [1.165, 1.54) is 13.8 Å². The Morgan fingerprint density at radius 3 is 2.36 bits per heavy atom. The van der Waals surface area contributed by atoms with Crippen LogP contribution < -0.4 is 20.1 Å². The summed E-state index contributed by atoms with van der Waals surface area (Å²) in [6, 6.07) is 14.8. The molecule has 3 rings (SSSR count). The Hall–Kier alpha value is -3.79. The van der Waals surface area contributed by atoms with Gasteiger partial charge in [-0.3, -0.25) is 14.4 Å². The molecule has 2 aromatic carbocycles. The van der Waals surface area contributed by atoms with Gasteiger partial charge >= 0.3 is 11.9 Å². The van der Waals surface area contributed by atoms with Gasteiger partial charge in [0.25, 0.3) is 0 Å². The van der Waals surface area contributed by atoms with Gasteiger partial charge in [-0.25, -0.2) is 0 Å². The number of amides is 1. The van der Waals surface area contributed by atoms with Gasteiger partial charge in [0.2, 0.25) is 11.0 Å². The molecule has 0 aliphatic carbocycles. The molecule has 0 spiro atoms. The molecule has 1 amide bonds. The number of para-hydroxylation sites is 1. The molecule has 0 unspecified atom stereocenters. The van der Waals surface area contributed by atoms with E-state index in [-0.39, 0.29) is 17.4 Å². The van der Waals surface area contributed by atoms with E-state index in [9.17, 15) is 14.4 Å². The Labute approximate surface area is 214 Å². The molecule has 10 heteroatoms. The zero-order chi connectivity index (χ0) is 25.8. The summed E-state index contributed by atoms with van der Waals surface area (Å²) < 4.78 is 10.2. The lowest BCUT2D eigenvalue weighted by Crippen LogP contribution is -2.24. The number of aromatic nitrogens is 2. The first-order valence-corrected chi connectivity index (χ1v) is 12.6. The van der Waals surface area contributed by atoms with Gasteiger partial charge in [0.15, 0.2) is 11.5 Å². The average Bonchev–Trinajstić information content (AvgIpc) is 3.28. The highest BCUT2D eigenvalue weighted by molar-refractivity contribution is 7.15. The first-order valence-electron chi connectivity index (χ1n) is 11.8. The number of carbonyl (C=O) groups is 3. The summed E-state index contributed by atoms with van der Waals surface area (Å²) >= 11 is 1.55. The van der Waals surface area contributed by atoms with Crippen LogP contribution in [-0.2, 0) is 27.2 Å². The van der Waals surface area contributed by atoms with E-state index in [0.717, 1.165) is 47.1 Å². The van der Waals surface area contributed by atoms with Gasteiger partial charge in [-0.1, -0.05) is 42.0 Å². The first kappa shape index (κ1) is 26.8. The second-order valence-electron chi connectivity index (χ2n) is 8.12. The first-order chi connectivity index (χ1) is 17.4. The summed E-state index contributed by atoms with van der Waals surface area (Å²) in [6.45, 7) is 3.15. The van der Waals surface area contributed by atoms with E-state index < -0.39 is 11.9 Å². The third-order valence-electron chi connectivity index (χ3n) is 5.04. The number of carbonyl (C=O) groups excluding carboxylic acids is 3. The average molecular weight is 511 g/mol. The number of unbranched alkanes of at least 4 members (excludes halogenated alkanes) is 2. The largest absolute Gasteiger partial charge is 0.423 e. The quantitative estimate of drug-likeness (QED) is 0.195. The van der Waals surface area contributed by atoms with Crippen molar-refractivity contribution in [2.24, 2.45) is 0 Å². The lowest BCUT2D eigenvalue weighted by Gasteiger charge is -2.11. The van der Waals surface area contributed by atoms with Crippen LogP contribution in [0.5, 0.6) is 11.5 Å². The van der Waals surface area contributed by atoms with Crippen LogP contribution in [-0.4, -0.2) is 34.6 Å². The highest BCUT2D eigenvalue weighted by atomic mass is 32.1. The predicted octanol–water partition coefficient (Wildman–Crippen LogP) is 4.59. The molecule has 0 bridgehead atoms. The Morgan fingerprint density at radius 2 is 1.61 bits per heavy atom. The number of nitrogens with one attached hydrogen (secondary N) is 2. The van der Waals surface area contributed by atoms with Crippen molar-refractivity contribution in [3.63, 3.8) is 0 Å². The second kappa shape index (κ2) is 13.9. The minimum absolute atomic E-state index is 0.0474. The van der Waals surface area contributed by atoms with Gasteiger partial charge < -0.3 is 20.1 Å². The number of ether oxygens (including phenoxy) is 2. The number of benzene rings is 2. The van der Waals surface area contributed by atoms with Crippen LogP contribution in [0.4, 0.5) is 10.8 Å². The molecule has 3 aromatic rings. The second-order valence-corrected chi connectivity index (χ2v) is 9.18. The Morgan fingerprint density at radius 1 is 0.861 bits per heavy atom. The molecular weight excluding hydrogens is 480 g/mol. The van der Waals surface area contributed by atoms with Crippen LogP contribution >= 0.6 is 11.3 Å². The number of aryl methyl sites for hydroxylation is 2. The van der Waals surface area contributed by atoms with Crippen molar-refractivity contribution in [2.45, 2.75) is 52.4 Å². The number of anilines is 2. The molecule has 0 atom stereocenters. The summed E-state index contributed by atoms with van der Waals surface area (Å²) in [5.41, 5.74) is 1.79. The number of hydrogen-bond donors (Lipinski definition) is 2. The fraction of sp³-hybridized carbons (Fsp3) is 0.346. The van der Waals surface area contributed by atoms with Gasteiger partial charge in [0.1, 0.15) is 5.01 Å². The number of hydrogen-bond acceptors (Lipinski definition) is 9. The van der Waals surface area contributed by atoms with Gasteiger partial charge in [-0.15, -0.1) is 10.2 Å². The van der Waals surface area contributed by atoms with E-state index in [2.05, 4.69) is 20.8 Å². The number of esters is 2. The van der Waals surface area contributed by atoms with Crippen molar-refractivity contribution in [2.75, 3.05) is 11.9 Å². The maximum atomic E-state index is 12.2. The van der Waals surface area contributed by atoms with E-state index in [4.69, 9.17) is 9.47 Å². The molecule has 9 nitrogen and oxygen atoms in total. The highest BCUT2D eigenvalue weighted by Crippen LogP contribution is 2.29. The van der Waals surface area contributed by atoms with Crippen LogP contribution in [0.3, 0.4) is 0 Å². The molecular formula is C26H30N4O5S. The van der Waals surface area contributed by atoms with E-state index in [0.29, 0.717) is 19.4 Å². The van der Waals surface area contributed by atoms with Crippen LogP contribution in [0.2, 0.25) is 0 Å². The van der Waals surface area contributed by atoms with Crippen LogP contribution in [0, 0.1) is 0 Å². The molecule has 0 saturated heterocycles. The molecule has 190 valence electrons. The fourth-order valence-corrected chi connectivity index (χ4v) is 4.19. The monoisotopic (exact) mass is 510 g/mol. The summed E-state index contributed by atoms with van der Waals surface area (Å²) in [5, 5.41) is 16.4. The molecule has 0 fully saturated rings. The van der Waals surface area contributed by atoms with Crippen LogP contribution in [0.1, 0.15) is 50.1 Å². The zero-order valence-electron chi connectivity index (χ0n) is 20.4. The van der Waals surface area contributed by atoms with Crippen molar-refractivity contribution in [3.05, 3.63) is 59.1 Å². The Bertz CT molecular complexity index is 1170. The predicted molar refractivity (Wildman–Crippen MR) is 138 cm³/mol. The summed E-state index contributed by atoms with van der Waals surface area (Å²) in [7, 11) is 0. The summed E-state index contributed by atoms with van der Waals surface area (Å²) in [5.74, 6) is -0.747. The Balaban J connectivity index is 1.32. The van der Waals surface area contributed by atoms with Crippen LogP contribution in [0.15, 0.2) is 48.5 Å². The Kier molecular flexibility index (Phi) is 10.4. The molecule has 0 aliphatic heterocycles. The minimum atomic E-state index is -0.520. The highest BCUT2D eigenvalue weighted by Gasteiger charge is 2.12. The van der Waals surface area contributed by atoms with E-state index in [1.807, 2.05) is 30.3 Å². The van der Waals surface area contributed by atoms with Gasteiger partial charge in [-0.2, -0.15) is 0 Å². The summed E-state index contributed by atoms with van der Waals surface area (Å²) in [4.78, 5) is 34.8. The normalized spacial score (nSPS) is 10.5.